The van der Waals surface area contributed by atoms with E-state index in [2.05, 4.69) is 4.98 Å². The number of halogens is 1. The van der Waals surface area contributed by atoms with Crippen molar-refractivity contribution < 1.29 is 4.39 Å². The Bertz CT molecular complexity index is 517. The second kappa shape index (κ2) is 3.96. The highest BCUT2D eigenvalue weighted by Crippen LogP contribution is 2.14. The molecule has 4 heteroatoms. The van der Waals surface area contributed by atoms with E-state index >= 15 is 0 Å². The molecule has 0 saturated carbocycles. The number of nitrogen functional groups attached to an aromatic ring is 1. The van der Waals surface area contributed by atoms with Gasteiger partial charge in [0.25, 0.3) is 0 Å². The average molecular weight is 219 g/mol. The summed E-state index contributed by atoms with van der Waals surface area (Å²) in [4.78, 5) is 4.20. The van der Waals surface area contributed by atoms with Crippen LogP contribution in [0, 0.1) is 19.7 Å². The van der Waals surface area contributed by atoms with E-state index in [9.17, 15) is 4.39 Å². The number of hydrogen-bond acceptors (Lipinski definition) is 2. The Morgan fingerprint density at radius 1 is 1.38 bits per heavy atom. The van der Waals surface area contributed by atoms with Gasteiger partial charge in [-0.2, -0.15) is 0 Å². The topological polar surface area (TPSA) is 43.8 Å². The second-order valence-corrected chi connectivity index (χ2v) is 3.90. The molecule has 2 rings (SSSR count). The molecule has 3 nitrogen and oxygen atoms in total. The number of rotatable bonds is 2. The van der Waals surface area contributed by atoms with Crippen LogP contribution in [0.3, 0.4) is 0 Å². The molecule has 0 spiro atoms. The van der Waals surface area contributed by atoms with Gasteiger partial charge in [-0.1, -0.05) is 6.07 Å². The zero-order valence-electron chi connectivity index (χ0n) is 9.37. The van der Waals surface area contributed by atoms with Crippen LogP contribution >= 0.6 is 0 Å². The van der Waals surface area contributed by atoms with Crippen LogP contribution in [0.25, 0.3) is 0 Å². The third-order valence-corrected chi connectivity index (χ3v) is 2.76. The largest absolute Gasteiger partial charge is 0.396 e. The lowest BCUT2D eigenvalue weighted by Crippen LogP contribution is -2.02. The summed E-state index contributed by atoms with van der Waals surface area (Å²) in [6, 6.07) is 4.88. The summed E-state index contributed by atoms with van der Waals surface area (Å²) >= 11 is 0. The van der Waals surface area contributed by atoms with Crippen molar-refractivity contribution in [3.63, 3.8) is 0 Å². The predicted molar refractivity (Wildman–Crippen MR) is 61.6 cm³/mol. The molecule has 0 aliphatic heterocycles. The highest BCUT2D eigenvalue weighted by atomic mass is 19.1. The highest BCUT2D eigenvalue weighted by Gasteiger charge is 2.04. The summed E-state index contributed by atoms with van der Waals surface area (Å²) in [6.45, 7) is 4.56. The van der Waals surface area contributed by atoms with E-state index < -0.39 is 0 Å². The molecule has 0 amide bonds. The summed E-state index contributed by atoms with van der Waals surface area (Å²) in [7, 11) is 0. The summed E-state index contributed by atoms with van der Waals surface area (Å²) in [5.74, 6) is -0.369. The van der Waals surface area contributed by atoms with Gasteiger partial charge in [-0.3, -0.25) is 0 Å². The van der Waals surface area contributed by atoms with Crippen LogP contribution in [0.2, 0.25) is 0 Å². The number of aryl methyl sites for hydroxylation is 1. The lowest BCUT2D eigenvalue weighted by atomic mass is 10.2. The fraction of sp³-hybridized carbons (Fsp3) is 0.250. The molecule has 1 heterocycles. The van der Waals surface area contributed by atoms with Crippen molar-refractivity contribution in [1.82, 2.24) is 9.55 Å². The fourth-order valence-electron chi connectivity index (χ4n) is 1.57. The lowest BCUT2D eigenvalue weighted by molar-refractivity contribution is 0.627. The smallest absolute Gasteiger partial charge is 0.146 e. The van der Waals surface area contributed by atoms with Gasteiger partial charge in [-0.25, -0.2) is 9.37 Å². The van der Waals surface area contributed by atoms with Crippen molar-refractivity contribution in [1.29, 1.82) is 0 Å². The molecule has 0 atom stereocenters. The van der Waals surface area contributed by atoms with Crippen LogP contribution in [0.15, 0.2) is 24.5 Å². The molecule has 1 aromatic carbocycles. The van der Waals surface area contributed by atoms with Gasteiger partial charge in [0.05, 0.1) is 17.7 Å². The molecule has 0 fully saturated rings. The minimum atomic E-state index is -0.369. The van der Waals surface area contributed by atoms with Gasteiger partial charge in [-0.15, -0.1) is 0 Å². The number of hydrogen-bond donors (Lipinski definition) is 1. The molecule has 2 aromatic rings. The molecular weight excluding hydrogens is 205 g/mol. The van der Waals surface area contributed by atoms with Crippen molar-refractivity contribution in [3.8, 4) is 0 Å². The van der Waals surface area contributed by atoms with Crippen molar-refractivity contribution in [3.05, 3.63) is 47.3 Å². The quantitative estimate of drug-likeness (QED) is 0.787. The minimum Gasteiger partial charge on any atom is -0.396 e. The Balaban J connectivity index is 2.27. The molecular formula is C12H14FN3. The molecule has 0 unspecified atom stereocenters. The van der Waals surface area contributed by atoms with Crippen molar-refractivity contribution in [2.75, 3.05) is 5.73 Å². The Kier molecular flexibility index (Phi) is 2.64. The molecule has 2 N–H and O–H groups in total. The van der Waals surface area contributed by atoms with Crippen LogP contribution in [-0.4, -0.2) is 9.55 Å². The molecule has 0 bridgehead atoms. The van der Waals surface area contributed by atoms with Crippen molar-refractivity contribution >= 4 is 5.69 Å². The zero-order valence-corrected chi connectivity index (χ0v) is 9.37. The maximum Gasteiger partial charge on any atom is 0.146 e. The van der Waals surface area contributed by atoms with Crippen LogP contribution < -0.4 is 5.73 Å². The van der Waals surface area contributed by atoms with Gasteiger partial charge in [0.1, 0.15) is 5.82 Å². The van der Waals surface area contributed by atoms with E-state index in [1.54, 1.807) is 12.4 Å². The maximum absolute atomic E-state index is 13.2. The number of aromatic nitrogens is 2. The number of nitrogens with zero attached hydrogens (tertiary/aromatic N) is 2. The molecule has 0 aliphatic carbocycles. The first-order valence-corrected chi connectivity index (χ1v) is 5.10. The van der Waals surface area contributed by atoms with E-state index in [0.29, 0.717) is 6.54 Å². The maximum atomic E-state index is 13.2. The Labute approximate surface area is 93.7 Å². The van der Waals surface area contributed by atoms with Crippen molar-refractivity contribution in [2.45, 2.75) is 20.4 Å². The second-order valence-electron chi connectivity index (χ2n) is 3.90. The standard InChI is InChI=1S/C12H14FN3/c1-8-9(2)16(7-15-8)6-10-3-4-12(14)11(13)5-10/h3-5,7H,6,14H2,1-2H3. The summed E-state index contributed by atoms with van der Waals surface area (Å²) in [5, 5.41) is 0. The normalized spacial score (nSPS) is 10.7. The number of nitrogens with two attached hydrogens (primary N) is 1. The molecule has 1 aromatic heterocycles. The van der Waals surface area contributed by atoms with Gasteiger partial charge in [-0.05, 0) is 31.5 Å². The molecule has 0 aliphatic rings. The highest BCUT2D eigenvalue weighted by molar-refractivity contribution is 5.41. The van der Waals surface area contributed by atoms with Gasteiger partial charge in [0, 0.05) is 12.2 Å². The van der Waals surface area contributed by atoms with Crippen molar-refractivity contribution in [2.24, 2.45) is 0 Å². The van der Waals surface area contributed by atoms with E-state index in [4.69, 9.17) is 5.73 Å². The molecule has 16 heavy (non-hydrogen) atoms. The Morgan fingerprint density at radius 3 is 2.69 bits per heavy atom. The minimum absolute atomic E-state index is 0.183. The van der Waals surface area contributed by atoms with E-state index in [0.717, 1.165) is 17.0 Å². The molecule has 0 radical (unpaired) electrons. The number of benzene rings is 1. The summed E-state index contributed by atoms with van der Waals surface area (Å²) in [5.41, 5.74) is 8.58. The van der Waals surface area contributed by atoms with E-state index in [1.165, 1.54) is 6.07 Å². The van der Waals surface area contributed by atoms with Crippen LogP contribution in [-0.2, 0) is 6.54 Å². The SMILES string of the molecule is Cc1ncn(Cc2ccc(N)c(F)c2)c1C. The van der Waals surface area contributed by atoms with E-state index in [-0.39, 0.29) is 11.5 Å². The van der Waals surface area contributed by atoms with Gasteiger partial charge in [0.15, 0.2) is 0 Å². The first-order chi connectivity index (χ1) is 7.58. The zero-order chi connectivity index (χ0) is 11.7. The third-order valence-electron chi connectivity index (χ3n) is 2.76. The predicted octanol–water partition coefficient (Wildman–Crippen LogP) is 2.27. The fourth-order valence-corrected chi connectivity index (χ4v) is 1.57. The number of anilines is 1. The average Bonchev–Trinajstić information content (AvgIpc) is 2.55. The molecule has 0 saturated heterocycles. The Hall–Kier alpha value is -1.84. The van der Waals surface area contributed by atoms with Crippen LogP contribution in [0.4, 0.5) is 10.1 Å². The third kappa shape index (κ3) is 1.91. The van der Waals surface area contributed by atoms with Crippen LogP contribution in [0.1, 0.15) is 17.0 Å². The lowest BCUT2D eigenvalue weighted by Gasteiger charge is -2.06. The Morgan fingerprint density at radius 2 is 2.12 bits per heavy atom. The number of imidazole rings is 1. The van der Waals surface area contributed by atoms with Gasteiger partial charge >= 0.3 is 0 Å². The summed E-state index contributed by atoms with van der Waals surface area (Å²) < 4.78 is 15.2. The monoisotopic (exact) mass is 219 g/mol. The van der Waals surface area contributed by atoms with Gasteiger partial charge < -0.3 is 10.3 Å². The summed E-state index contributed by atoms with van der Waals surface area (Å²) in [6.07, 6.45) is 1.76. The van der Waals surface area contributed by atoms with E-state index in [1.807, 2.05) is 24.5 Å². The molecule has 84 valence electrons. The first-order valence-electron chi connectivity index (χ1n) is 5.10. The van der Waals surface area contributed by atoms with Crippen LogP contribution in [0.5, 0.6) is 0 Å². The first kappa shape index (κ1) is 10.7. The van der Waals surface area contributed by atoms with Gasteiger partial charge in [0.2, 0.25) is 0 Å².